The highest BCUT2D eigenvalue weighted by Gasteiger charge is 1.98. The third-order valence-corrected chi connectivity index (χ3v) is 3.09. The van der Waals surface area contributed by atoms with E-state index in [0.717, 1.165) is 23.1 Å². The van der Waals surface area contributed by atoms with Crippen LogP contribution in [0.3, 0.4) is 0 Å². The molecule has 2 rings (SSSR count). The molecule has 0 fully saturated rings. The summed E-state index contributed by atoms with van der Waals surface area (Å²) in [6, 6.07) is 4.07. The van der Waals surface area contributed by atoms with Gasteiger partial charge < -0.3 is 5.32 Å². The standard InChI is InChI=1S/C12H14N4S/c1-2-14-11-4-3-10(7-16-11)9-17-12-8-13-5-6-15-12/h3-8H,2,9H2,1H3,(H,14,16). The predicted molar refractivity (Wildman–Crippen MR) is 70.0 cm³/mol. The lowest BCUT2D eigenvalue weighted by atomic mass is 10.3. The molecule has 0 unspecified atom stereocenters. The molecule has 2 aromatic rings. The summed E-state index contributed by atoms with van der Waals surface area (Å²) in [5.74, 6) is 1.78. The van der Waals surface area contributed by atoms with Gasteiger partial charge in [-0.05, 0) is 18.6 Å². The van der Waals surface area contributed by atoms with Crippen molar-refractivity contribution < 1.29 is 0 Å². The Bertz CT molecular complexity index is 444. The Morgan fingerprint density at radius 2 is 2.12 bits per heavy atom. The number of nitrogens with one attached hydrogen (secondary N) is 1. The van der Waals surface area contributed by atoms with E-state index in [1.54, 1.807) is 30.4 Å². The molecule has 0 saturated carbocycles. The average Bonchev–Trinajstić information content (AvgIpc) is 2.40. The van der Waals surface area contributed by atoms with Crippen LogP contribution in [-0.4, -0.2) is 21.5 Å². The van der Waals surface area contributed by atoms with Crippen LogP contribution in [0.25, 0.3) is 0 Å². The molecule has 88 valence electrons. The molecular weight excluding hydrogens is 232 g/mol. The van der Waals surface area contributed by atoms with Gasteiger partial charge in [0.15, 0.2) is 0 Å². The van der Waals surface area contributed by atoms with Gasteiger partial charge in [0, 0.05) is 30.9 Å². The number of pyridine rings is 1. The molecule has 0 aliphatic rings. The maximum atomic E-state index is 4.32. The summed E-state index contributed by atoms with van der Waals surface area (Å²) >= 11 is 1.66. The first-order chi connectivity index (χ1) is 8.38. The molecule has 0 aliphatic heterocycles. The van der Waals surface area contributed by atoms with Crippen LogP contribution in [0.5, 0.6) is 0 Å². The Morgan fingerprint density at radius 3 is 2.76 bits per heavy atom. The maximum absolute atomic E-state index is 4.32. The van der Waals surface area contributed by atoms with Crippen molar-refractivity contribution in [3.05, 3.63) is 42.5 Å². The fraction of sp³-hybridized carbons (Fsp3) is 0.250. The first-order valence-corrected chi connectivity index (χ1v) is 6.44. The van der Waals surface area contributed by atoms with Crippen molar-refractivity contribution in [2.75, 3.05) is 11.9 Å². The number of hydrogen-bond donors (Lipinski definition) is 1. The molecule has 2 heterocycles. The first kappa shape index (κ1) is 11.9. The Balaban J connectivity index is 1.91. The van der Waals surface area contributed by atoms with E-state index in [-0.39, 0.29) is 0 Å². The SMILES string of the molecule is CCNc1ccc(CSc2cnccn2)cn1. The summed E-state index contributed by atoms with van der Waals surface area (Å²) in [6.07, 6.45) is 7.04. The number of hydrogen-bond acceptors (Lipinski definition) is 5. The lowest BCUT2D eigenvalue weighted by Crippen LogP contribution is -1.98. The second-order valence-electron chi connectivity index (χ2n) is 3.41. The van der Waals surface area contributed by atoms with Crippen molar-refractivity contribution in [3.63, 3.8) is 0 Å². The molecule has 0 spiro atoms. The highest BCUT2D eigenvalue weighted by Crippen LogP contribution is 2.19. The summed E-state index contributed by atoms with van der Waals surface area (Å²) < 4.78 is 0. The summed E-state index contributed by atoms with van der Waals surface area (Å²) in [7, 11) is 0. The Labute approximate surface area is 105 Å². The predicted octanol–water partition coefficient (Wildman–Crippen LogP) is 2.60. The maximum Gasteiger partial charge on any atom is 0.125 e. The minimum absolute atomic E-state index is 0.859. The van der Waals surface area contributed by atoms with Crippen LogP contribution in [-0.2, 0) is 5.75 Å². The molecule has 0 aliphatic carbocycles. The van der Waals surface area contributed by atoms with E-state index < -0.39 is 0 Å². The normalized spacial score (nSPS) is 10.2. The topological polar surface area (TPSA) is 50.7 Å². The molecule has 0 bridgehead atoms. The molecule has 2 aromatic heterocycles. The van der Waals surface area contributed by atoms with Crippen molar-refractivity contribution >= 4 is 17.6 Å². The van der Waals surface area contributed by atoms with Gasteiger partial charge in [0.05, 0.1) is 6.20 Å². The van der Waals surface area contributed by atoms with Crippen LogP contribution >= 0.6 is 11.8 Å². The van der Waals surface area contributed by atoms with Gasteiger partial charge in [-0.25, -0.2) is 9.97 Å². The van der Waals surface area contributed by atoms with E-state index in [2.05, 4.69) is 33.3 Å². The van der Waals surface area contributed by atoms with E-state index >= 15 is 0 Å². The molecule has 1 N–H and O–H groups in total. The van der Waals surface area contributed by atoms with Gasteiger partial charge in [-0.2, -0.15) is 0 Å². The van der Waals surface area contributed by atoms with Crippen molar-refractivity contribution in [1.82, 2.24) is 15.0 Å². The van der Waals surface area contributed by atoms with Crippen LogP contribution in [0, 0.1) is 0 Å². The Hall–Kier alpha value is -1.62. The zero-order valence-corrected chi connectivity index (χ0v) is 10.4. The number of anilines is 1. The van der Waals surface area contributed by atoms with Crippen LogP contribution in [0.15, 0.2) is 41.9 Å². The molecule has 0 saturated heterocycles. The summed E-state index contributed by atoms with van der Waals surface area (Å²) in [6.45, 7) is 2.94. The summed E-state index contributed by atoms with van der Waals surface area (Å²) in [5.41, 5.74) is 1.18. The third-order valence-electron chi connectivity index (χ3n) is 2.11. The molecule has 0 aromatic carbocycles. The lowest BCUT2D eigenvalue weighted by molar-refractivity contribution is 1.05. The van der Waals surface area contributed by atoms with Crippen molar-refractivity contribution in [2.45, 2.75) is 17.7 Å². The molecule has 4 nitrogen and oxygen atoms in total. The minimum atomic E-state index is 0.859. The second kappa shape index (κ2) is 6.20. The fourth-order valence-corrected chi connectivity index (χ4v) is 2.07. The third kappa shape index (κ3) is 3.71. The largest absolute Gasteiger partial charge is 0.370 e. The smallest absolute Gasteiger partial charge is 0.125 e. The van der Waals surface area contributed by atoms with Gasteiger partial charge in [-0.1, -0.05) is 6.07 Å². The minimum Gasteiger partial charge on any atom is -0.370 e. The van der Waals surface area contributed by atoms with E-state index in [4.69, 9.17) is 0 Å². The van der Waals surface area contributed by atoms with Crippen molar-refractivity contribution in [2.24, 2.45) is 0 Å². The quantitative estimate of drug-likeness (QED) is 0.822. The van der Waals surface area contributed by atoms with Crippen molar-refractivity contribution in [1.29, 1.82) is 0 Å². The number of thioether (sulfide) groups is 1. The molecule has 17 heavy (non-hydrogen) atoms. The van der Waals surface area contributed by atoms with Gasteiger partial charge in [0.25, 0.3) is 0 Å². The highest BCUT2D eigenvalue weighted by atomic mass is 32.2. The monoisotopic (exact) mass is 246 g/mol. The number of nitrogens with zero attached hydrogens (tertiary/aromatic N) is 3. The van der Waals surface area contributed by atoms with Crippen LogP contribution in [0.4, 0.5) is 5.82 Å². The van der Waals surface area contributed by atoms with Gasteiger partial charge in [0.2, 0.25) is 0 Å². The number of aromatic nitrogens is 3. The van der Waals surface area contributed by atoms with E-state index in [1.165, 1.54) is 5.56 Å². The fourth-order valence-electron chi connectivity index (χ4n) is 1.31. The summed E-state index contributed by atoms with van der Waals surface area (Å²) in [5, 5.41) is 4.10. The Morgan fingerprint density at radius 1 is 1.18 bits per heavy atom. The van der Waals surface area contributed by atoms with E-state index in [0.29, 0.717) is 0 Å². The van der Waals surface area contributed by atoms with Gasteiger partial charge in [-0.3, -0.25) is 4.98 Å². The number of rotatable bonds is 5. The van der Waals surface area contributed by atoms with Gasteiger partial charge >= 0.3 is 0 Å². The molecule has 0 radical (unpaired) electrons. The van der Waals surface area contributed by atoms with Gasteiger partial charge in [-0.15, -0.1) is 11.8 Å². The van der Waals surface area contributed by atoms with Crippen LogP contribution < -0.4 is 5.32 Å². The molecule has 0 amide bonds. The van der Waals surface area contributed by atoms with Crippen molar-refractivity contribution in [3.8, 4) is 0 Å². The van der Waals surface area contributed by atoms with E-state index in [9.17, 15) is 0 Å². The summed E-state index contributed by atoms with van der Waals surface area (Å²) in [4.78, 5) is 12.6. The Kier molecular flexibility index (Phi) is 4.32. The second-order valence-corrected chi connectivity index (χ2v) is 4.41. The molecule has 5 heteroatoms. The average molecular weight is 246 g/mol. The van der Waals surface area contributed by atoms with Crippen LogP contribution in [0.1, 0.15) is 12.5 Å². The lowest BCUT2D eigenvalue weighted by Gasteiger charge is -2.03. The van der Waals surface area contributed by atoms with Crippen LogP contribution in [0.2, 0.25) is 0 Å². The van der Waals surface area contributed by atoms with E-state index in [1.807, 2.05) is 12.3 Å². The highest BCUT2D eigenvalue weighted by molar-refractivity contribution is 7.98. The van der Waals surface area contributed by atoms with Gasteiger partial charge in [0.1, 0.15) is 10.8 Å². The zero-order chi connectivity index (χ0) is 11.9. The molecule has 0 atom stereocenters. The molecular formula is C12H14N4S. The zero-order valence-electron chi connectivity index (χ0n) is 9.63. The first-order valence-electron chi connectivity index (χ1n) is 5.46.